The van der Waals surface area contributed by atoms with Gasteiger partial charge in [0.2, 0.25) is 0 Å². The molecule has 0 aliphatic heterocycles. The van der Waals surface area contributed by atoms with Crippen molar-refractivity contribution in [3.8, 4) is 0 Å². The molecule has 0 radical (unpaired) electrons. The van der Waals surface area contributed by atoms with Crippen LogP contribution >= 0.6 is 0 Å². The number of nitrogens with one attached hydrogen (secondary N) is 1. The largest absolute Gasteiger partial charge is 0.396 e. The fourth-order valence-electron chi connectivity index (χ4n) is 2.02. The Hall–Kier alpha value is -2.43. The van der Waals surface area contributed by atoms with Crippen molar-refractivity contribution in [2.45, 2.75) is 13.8 Å². The van der Waals surface area contributed by atoms with Gasteiger partial charge in [0.25, 0.3) is 0 Å². The number of halogens is 3. The van der Waals surface area contributed by atoms with Gasteiger partial charge in [-0.1, -0.05) is 6.58 Å². The molecular weight excluding hydrogens is 277 g/mol. The normalized spacial score (nSPS) is 10.5. The summed E-state index contributed by atoms with van der Waals surface area (Å²) >= 11 is 0. The zero-order valence-electron chi connectivity index (χ0n) is 11.7. The zero-order chi connectivity index (χ0) is 15.7. The van der Waals surface area contributed by atoms with Crippen molar-refractivity contribution < 1.29 is 13.2 Å². The predicted octanol–water partition coefficient (Wildman–Crippen LogP) is 4.39. The Kier molecular flexibility index (Phi) is 3.93. The molecule has 0 amide bonds. The van der Waals surface area contributed by atoms with Crippen LogP contribution in [0.2, 0.25) is 0 Å². The van der Waals surface area contributed by atoms with E-state index in [1.54, 1.807) is 19.9 Å². The molecule has 0 aliphatic carbocycles. The molecule has 0 bridgehead atoms. The van der Waals surface area contributed by atoms with Gasteiger partial charge in [-0.3, -0.25) is 0 Å². The van der Waals surface area contributed by atoms with Crippen LogP contribution in [0.4, 0.5) is 24.5 Å². The summed E-state index contributed by atoms with van der Waals surface area (Å²) in [5.74, 6) is -2.00. The molecule has 0 fully saturated rings. The Labute approximate surface area is 121 Å². The van der Waals surface area contributed by atoms with Gasteiger partial charge in [0.1, 0.15) is 17.5 Å². The topological polar surface area (TPSA) is 38.0 Å². The first kappa shape index (κ1) is 15.0. The van der Waals surface area contributed by atoms with Gasteiger partial charge in [-0.25, -0.2) is 13.2 Å². The van der Waals surface area contributed by atoms with E-state index in [-0.39, 0.29) is 17.2 Å². The minimum absolute atomic E-state index is 0.0137. The molecule has 21 heavy (non-hydrogen) atoms. The van der Waals surface area contributed by atoms with Crippen LogP contribution in [0.3, 0.4) is 0 Å². The van der Waals surface area contributed by atoms with E-state index in [0.717, 1.165) is 11.6 Å². The van der Waals surface area contributed by atoms with E-state index in [1.165, 1.54) is 6.07 Å². The first-order valence-corrected chi connectivity index (χ1v) is 6.27. The minimum Gasteiger partial charge on any atom is -0.396 e. The molecule has 0 aromatic heterocycles. The molecule has 0 heterocycles. The summed E-state index contributed by atoms with van der Waals surface area (Å²) in [4.78, 5) is 0. The maximum atomic E-state index is 13.7. The van der Waals surface area contributed by atoms with Crippen molar-refractivity contribution in [1.29, 1.82) is 0 Å². The molecule has 110 valence electrons. The first-order chi connectivity index (χ1) is 9.79. The van der Waals surface area contributed by atoms with Gasteiger partial charge < -0.3 is 11.1 Å². The summed E-state index contributed by atoms with van der Waals surface area (Å²) in [6.45, 7) is 7.13. The van der Waals surface area contributed by atoms with Crippen LogP contribution in [0, 0.1) is 31.3 Å². The monoisotopic (exact) mass is 292 g/mol. The molecule has 2 rings (SSSR count). The fraction of sp³-hybridized carbons (Fsp3) is 0.125. The summed E-state index contributed by atoms with van der Waals surface area (Å²) in [6, 6.07) is 4.97. The van der Waals surface area contributed by atoms with E-state index < -0.39 is 11.6 Å². The maximum Gasteiger partial charge on any atom is 0.149 e. The second kappa shape index (κ2) is 5.52. The van der Waals surface area contributed by atoms with Gasteiger partial charge in [-0.05, 0) is 43.2 Å². The average Bonchev–Trinajstić information content (AvgIpc) is 2.40. The number of nitrogens with two attached hydrogens (primary N) is 1. The lowest BCUT2D eigenvalue weighted by atomic mass is 10.0. The highest BCUT2D eigenvalue weighted by Gasteiger charge is 2.12. The fourth-order valence-corrected chi connectivity index (χ4v) is 2.02. The van der Waals surface area contributed by atoms with Gasteiger partial charge in [-0.15, -0.1) is 0 Å². The molecule has 0 spiro atoms. The Morgan fingerprint density at radius 1 is 1.00 bits per heavy atom. The standard InChI is InChI=1S/C16H15F3N2/c1-8-4-11(9(2)12(17)5-8)10(3)21-16-7-15(20)13(18)6-14(16)19/h4-7,21H,3,20H2,1-2H3. The van der Waals surface area contributed by atoms with Crippen molar-refractivity contribution in [3.05, 3.63) is 65.0 Å². The number of benzene rings is 2. The van der Waals surface area contributed by atoms with Crippen LogP contribution in [-0.4, -0.2) is 0 Å². The second-order valence-corrected chi connectivity index (χ2v) is 4.88. The molecule has 0 atom stereocenters. The van der Waals surface area contributed by atoms with Crippen LogP contribution in [0.15, 0.2) is 30.8 Å². The van der Waals surface area contributed by atoms with Gasteiger partial charge in [0.15, 0.2) is 0 Å². The van der Waals surface area contributed by atoms with Gasteiger partial charge in [-0.2, -0.15) is 0 Å². The summed E-state index contributed by atoms with van der Waals surface area (Å²) in [6.07, 6.45) is 0. The first-order valence-electron chi connectivity index (χ1n) is 6.27. The second-order valence-electron chi connectivity index (χ2n) is 4.88. The van der Waals surface area contributed by atoms with Crippen LogP contribution in [0.25, 0.3) is 5.70 Å². The predicted molar refractivity (Wildman–Crippen MR) is 79.3 cm³/mol. The third-order valence-corrected chi connectivity index (χ3v) is 3.19. The van der Waals surface area contributed by atoms with Crippen LogP contribution < -0.4 is 11.1 Å². The molecule has 0 saturated heterocycles. The molecule has 0 saturated carbocycles. The molecule has 3 N–H and O–H groups in total. The van der Waals surface area contributed by atoms with E-state index in [0.29, 0.717) is 22.9 Å². The SMILES string of the molecule is C=C(Nc1cc(N)c(F)cc1F)c1cc(C)cc(F)c1C. The van der Waals surface area contributed by atoms with Crippen molar-refractivity contribution in [2.75, 3.05) is 11.1 Å². The van der Waals surface area contributed by atoms with Gasteiger partial charge in [0.05, 0.1) is 11.4 Å². The summed E-state index contributed by atoms with van der Waals surface area (Å²) in [5.41, 5.74) is 7.16. The van der Waals surface area contributed by atoms with E-state index >= 15 is 0 Å². The van der Waals surface area contributed by atoms with Crippen LogP contribution in [0.5, 0.6) is 0 Å². The number of rotatable bonds is 3. The van der Waals surface area contributed by atoms with Crippen molar-refractivity contribution in [2.24, 2.45) is 0 Å². The summed E-state index contributed by atoms with van der Waals surface area (Å²) in [7, 11) is 0. The van der Waals surface area contributed by atoms with Crippen LogP contribution in [0.1, 0.15) is 16.7 Å². The third-order valence-electron chi connectivity index (χ3n) is 3.19. The zero-order valence-corrected chi connectivity index (χ0v) is 11.7. The number of aryl methyl sites for hydroxylation is 1. The van der Waals surface area contributed by atoms with Crippen molar-refractivity contribution >= 4 is 17.1 Å². The van der Waals surface area contributed by atoms with Crippen molar-refractivity contribution in [3.63, 3.8) is 0 Å². The van der Waals surface area contributed by atoms with Crippen LogP contribution in [-0.2, 0) is 0 Å². The number of hydrogen-bond donors (Lipinski definition) is 2. The molecule has 2 aromatic rings. The van der Waals surface area contributed by atoms with E-state index in [1.807, 2.05) is 0 Å². The minimum atomic E-state index is -0.832. The molecule has 0 unspecified atom stereocenters. The summed E-state index contributed by atoms with van der Waals surface area (Å²) in [5, 5.41) is 2.71. The number of anilines is 2. The Balaban J connectivity index is 2.37. The highest BCUT2D eigenvalue weighted by atomic mass is 19.1. The van der Waals surface area contributed by atoms with Gasteiger partial charge in [0, 0.05) is 17.3 Å². The van der Waals surface area contributed by atoms with E-state index in [9.17, 15) is 13.2 Å². The molecule has 5 heteroatoms. The lowest BCUT2D eigenvalue weighted by Crippen LogP contribution is -2.04. The van der Waals surface area contributed by atoms with E-state index in [4.69, 9.17) is 5.73 Å². The quantitative estimate of drug-likeness (QED) is 0.824. The number of nitrogen functional groups attached to an aromatic ring is 1. The maximum absolute atomic E-state index is 13.7. The molecule has 2 nitrogen and oxygen atoms in total. The lowest BCUT2D eigenvalue weighted by molar-refractivity contribution is 0.589. The van der Waals surface area contributed by atoms with E-state index in [2.05, 4.69) is 11.9 Å². The molecule has 0 aliphatic rings. The Morgan fingerprint density at radius 2 is 1.67 bits per heavy atom. The molecule has 2 aromatic carbocycles. The number of hydrogen-bond acceptors (Lipinski definition) is 2. The van der Waals surface area contributed by atoms with Crippen molar-refractivity contribution in [1.82, 2.24) is 0 Å². The van der Waals surface area contributed by atoms with Gasteiger partial charge >= 0.3 is 0 Å². The Morgan fingerprint density at radius 3 is 2.33 bits per heavy atom. The third kappa shape index (κ3) is 3.02. The average molecular weight is 292 g/mol. The highest BCUT2D eigenvalue weighted by Crippen LogP contribution is 2.27. The lowest BCUT2D eigenvalue weighted by Gasteiger charge is -2.15. The Bertz CT molecular complexity index is 724. The highest BCUT2D eigenvalue weighted by molar-refractivity contribution is 5.78. The molecular formula is C16H15F3N2. The smallest absolute Gasteiger partial charge is 0.149 e. The summed E-state index contributed by atoms with van der Waals surface area (Å²) < 4.78 is 40.5.